The Morgan fingerprint density at radius 1 is 1.07 bits per heavy atom. The molecule has 0 radical (unpaired) electrons. The summed E-state index contributed by atoms with van der Waals surface area (Å²) in [6, 6.07) is 13.7. The van der Waals surface area contributed by atoms with Gasteiger partial charge in [0.25, 0.3) is 10.0 Å². The van der Waals surface area contributed by atoms with E-state index in [4.69, 9.17) is 16.9 Å². The molecule has 0 aliphatic carbocycles. The lowest BCUT2D eigenvalue weighted by molar-refractivity contribution is 0.595. The van der Waals surface area contributed by atoms with E-state index in [2.05, 4.69) is 9.97 Å². The predicted molar refractivity (Wildman–Crippen MR) is 118 cm³/mol. The predicted octanol–water partition coefficient (Wildman–Crippen LogP) is 5.12. The summed E-state index contributed by atoms with van der Waals surface area (Å²) in [6.45, 7) is 5.51. The van der Waals surface area contributed by atoms with E-state index in [0.29, 0.717) is 16.8 Å². The van der Waals surface area contributed by atoms with Gasteiger partial charge in [-0.05, 0) is 79.4 Å². The molecule has 3 rings (SSSR count). The first kappa shape index (κ1) is 21.5. The molecular weight excluding hydrogens is 420 g/mol. The summed E-state index contributed by atoms with van der Waals surface area (Å²) in [5.74, 6) is 0.141. The first-order chi connectivity index (χ1) is 14.2. The fourth-order valence-electron chi connectivity index (χ4n) is 3.15. The molecule has 0 spiro atoms. The second kappa shape index (κ2) is 8.66. The summed E-state index contributed by atoms with van der Waals surface area (Å²) in [6.07, 6.45) is 4.46. The number of nitriles is 1. The van der Waals surface area contributed by atoms with Gasteiger partial charge in [0.05, 0.1) is 16.7 Å². The lowest BCUT2D eigenvalue weighted by Gasteiger charge is -2.27. The Morgan fingerprint density at radius 2 is 1.70 bits per heavy atom. The summed E-state index contributed by atoms with van der Waals surface area (Å²) < 4.78 is 28.6. The molecule has 0 bridgehead atoms. The van der Waals surface area contributed by atoms with Crippen LogP contribution in [0.2, 0.25) is 5.28 Å². The van der Waals surface area contributed by atoms with Crippen LogP contribution >= 0.6 is 11.6 Å². The molecule has 152 valence electrons. The third-order valence-corrected chi connectivity index (χ3v) is 6.35. The molecule has 0 saturated carbocycles. The fraction of sp³-hybridized carbons (Fsp3) is 0.136. The third-order valence-electron chi connectivity index (χ3n) is 4.45. The fourth-order valence-corrected chi connectivity index (χ4v) is 4.86. The van der Waals surface area contributed by atoms with Crippen molar-refractivity contribution in [1.29, 1.82) is 5.26 Å². The van der Waals surface area contributed by atoms with Gasteiger partial charge in [-0.15, -0.1) is 0 Å². The van der Waals surface area contributed by atoms with Gasteiger partial charge in [0, 0.05) is 18.3 Å². The second-order valence-electron chi connectivity index (χ2n) is 6.73. The number of allylic oxidation sites excluding steroid dienone is 1. The van der Waals surface area contributed by atoms with Gasteiger partial charge in [0.15, 0.2) is 5.82 Å². The Bertz CT molecular complexity index is 1240. The van der Waals surface area contributed by atoms with Gasteiger partial charge >= 0.3 is 0 Å². The van der Waals surface area contributed by atoms with E-state index in [0.717, 1.165) is 11.1 Å². The van der Waals surface area contributed by atoms with Crippen molar-refractivity contribution in [2.45, 2.75) is 25.7 Å². The number of anilines is 2. The zero-order chi connectivity index (χ0) is 21.9. The zero-order valence-electron chi connectivity index (χ0n) is 16.7. The van der Waals surface area contributed by atoms with E-state index in [9.17, 15) is 8.42 Å². The van der Waals surface area contributed by atoms with Gasteiger partial charge in [-0.3, -0.25) is 0 Å². The van der Waals surface area contributed by atoms with Crippen molar-refractivity contribution in [3.8, 4) is 6.07 Å². The monoisotopic (exact) mass is 438 g/mol. The Kier molecular flexibility index (Phi) is 6.20. The first-order valence-electron chi connectivity index (χ1n) is 9.02. The highest BCUT2D eigenvalue weighted by Gasteiger charge is 2.30. The van der Waals surface area contributed by atoms with E-state index >= 15 is 0 Å². The second-order valence-corrected chi connectivity index (χ2v) is 8.86. The molecular formula is C22H19ClN4O2S. The average Bonchev–Trinajstić information content (AvgIpc) is 2.69. The molecule has 0 aliphatic heterocycles. The van der Waals surface area contributed by atoms with E-state index < -0.39 is 10.0 Å². The maximum absolute atomic E-state index is 13.7. The van der Waals surface area contributed by atoms with Crippen LogP contribution in [0.3, 0.4) is 0 Å². The number of rotatable bonds is 5. The van der Waals surface area contributed by atoms with Crippen LogP contribution in [0.1, 0.15) is 22.3 Å². The number of hydrogen-bond donors (Lipinski definition) is 0. The van der Waals surface area contributed by atoms with E-state index in [1.54, 1.807) is 30.3 Å². The Hall–Kier alpha value is -3.21. The molecule has 30 heavy (non-hydrogen) atoms. The minimum absolute atomic E-state index is 0.0551. The van der Waals surface area contributed by atoms with Crippen LogP contribution in [-0.4, -0.2) is 18.4 Å². The highest BCUT2D eigenvalue weighted by Crippen LogP contribution is 2.37. The SMILES string of the molecule is Cc1ccc(S(=O)(=O)N(c2ccnc(Cl)n2)c2c(C)cc(/C=C/C#N)cc2C)cc1. The molecule has 0 unspecified atom stereocenters. The average molecular weight is 439 g/mol. The molecule has 3 aromatic rings. The minimum Gasteiger partial charge on any atom is -0.226 e. The maximum atomic E-state index is 13.7. The standard InChI is InChI=1S/C22H19ClN4O2S/c1-15-6-8-19(9-7-15)30(28,29)27(20-10-12-25-22(23)26-20)21-16(2)13-18(5-4-11-24)14-17(21)3/h4-10,12-14H,1-3H3/b5-4+. The van der Waals surface area contributed by atoms with Crippen molar-refractivity contribution in [2.75, 3.05) is 4.31 Å². The van der Waals surface area contributed by atoms with Crippen molar-refractivity contribution >= 4 is 39.2 Å². The van der Waals surface area contributed by atoms with Gasteiger partial charge < -0.3 is 0 Å². The largest absolute Gasteiger partial charge is 0.269 e. The quantitative estimate of drug-likeness (QED) is 0.407. The number of halogens is 1. The highest BCUT2D eigenvalue weighted by atomic mass is 35.5. The van der Waals surface area contributed by atoms with E-state index in [1.807, 2.05) is 39.0 Å². The lowest BCUT2D eigenvalue weighted by atomic mass is 10.0. The van der Waals surface area contributed by atoms with E-state index in [-0.39, 0.29) is 16.0 Å². The van der Waals surface area contributed by atoms with Crippen LogP contribution in [-0.2, 0) is 10.0 Å². The van der Waals surface area contributed by atoms with Crippen molar-refractivity contribution in [1.82, 2.24) is 9.97 Å². The molecule has 0 fully saturated rings. The molecule has 8 heteroatoms. The van der Waals surface area contributed by atoms with Crippen LogP contribution in [0.15, 0.2) is 59.6 Å². The number of hydrogen-bond acceptors (Lipinski definition) is 5. The first-order valence-corrected chi connectivity index (χ1v) is 10.8. The van der Waals surface area contributed by atoms with Crippen molar-refractivity contribution in [2.24, 2.45) is 0 Å². The number of aryl methyl sites for hydroxylation is 3. The van der Waals surface area contributed by atoms with Gasteiger partial charge in [-0.25, -0.2) is 17.7 Å². The highest BCUT2D eigenvalue weighted by molar-refractivity contribution is 7.93. The van der Waals surface area contributed by atoms with Gasteiger partial charge in [-0.1, -0.05) is 17.7 Å². The molecule has 2 aromatic carbocycles. The number of nitrogens with zero attached hydrogens (tertiary/aromatic N) is 4. The molecule has 0 atom stereocenters. The number of benzene rings is 2. The minimum atomic E-state index is -4.00. The van der Waals surface area contributed by atoms with Gasteiger partial charge in [0.2, 0.25) is 5.28 Å². The normalized spacial score (nSPS) is 11.4. The third kappa shape index (κ3) is 4.35. The molecule has 0 amide bonds. The topological polar surface area (TPSA) is 87.0 Å². The molecule has 1 heterocycles. The van der Waals surface area contributed by atoms with Gasteiger partial charge in [-0.2, -0.15) is 10.2 Å². The van der Waals surface area contributed by atoms with Crippen LogP contribution in [0, 0.1) is 32.1 Å². The van der Waals surface area contributed by atoms with Crippen molar-refractivity contribution in [3.05, 3.63) is 82.3 Å². The molecule has 0 aliphatic rings. The molecule has 1 aromatic heterocycles. The number of aromatic nitrogens is 2. The summed E-state index contributed by atoms with van der Waals surface area (Å²) in [4.78, 5) is 8.16. The molecule has 0 saturated heterocycles. The summed E-state index contributed by atoms with van der Waals surface area (Å²) in [5, 5.41) is 8.73. The van der Waals surface area contributed by atoms with Crippen LogP contribution in [0.4, 0.5) is 11.5 Å². The summed E-state index contributed by atoms with van der Waals surface area (Å²) in [7, 11) is -4.00. The Balaban J connectivity index is 2.28. The smallest absolute Gasteiger partial charge is 0.226 e. The molecule has 6 nitrogen and oxygen atoms in total. The van der Waals surface area contributed by atoms with Gasteiger partial charge in [0.1, 0.15) is 0 Å². The van der Waals surface area contributed by atoms with Crippen molar-refractivity contribution < 1.29 is 8.42 Å². The van der Waals surface area contributed by atoms with E-state index in [1.165, 1.54) is 22.6 Å². The van der Waals surface area contributed by atoms with Crippen molar-refractivity contribution in [3.63, 3.8) is 0 Å². The summed E-state index contributed by atoms with van der Waals surface area (Å²) >= 11 is 5.97. The molecule has 0 N–H and O–H groups in total. The van der Waals surface area contributed by atoms with Crippen LogP contribution in [0.5, 0.6) is 0 Å². The van der Waals surface area contributed by atoms with Crippen LogP contribution < -0.4 is 4.31 Å². The Labute approximate surface area is 181 Å². The maximum Gasteiger partial charge on any atom is 0.269 e. The summed E-state index contributed by atoms with van der Waals surface area (Å²) in [5.41, 5.74) is 3.63. The zero-order valence-corrected chi connectivity index (χ0v) is 18.2. The Morgan fingerprint density at radius 3 is 2.27 bits per heavy atom. The number of sulfonamides is 1. The lowest BCUT2D eigenvalue weighted by Crippen LogP contribution is -2.28. The van der Waals surface area contributed by atoms with Crippen LogP contribution in [0.25, 0.3) is 6.08 Å².